The van der Waals surface area contributed by atoms with E-state index in [1.165, 1.54) is 34.3 Å². The minimum Gasteiger partial charge on any atom is -0.504 e. The number of hydrogen-bond donors (Lipinski definition) is 3. The first-order chi connectivity index (χ1) is 20.2. The quantitative estimate of drug-likeness (QED) is 0.253. The van der Waals surface area contributed by atoms with E-state index in [0.717, 1.165) is 0 Å². The molecule has 0 saturated carbocycles. The van der Waals surface area contributed by atoms with Gasteiger partial charge in [0, 0.05) is 28.1 Å². The Bertz CT molecular complexity index is 2000. The van der Waals surface area contributed by atoms with Crippen molar-refractivity contribution in [3.05, 3.63) is 70.1 Å². The first kappa shape index (κ1) is 27.0. The van der Waals surface area contributed by atoms with E-state index in [1.807, 2.05) is 0 Å². The number of carbonyl (C=O) groups is 1. The number of esters is 1. The van der Waals surface area contributed by atoms with Crippen molar-refractivity contribution in [1.82, 2.24) is 4.40 Å². The summed E-state index contributed by atoms with van der Waals surface area (Å²) >= 11 is 0. The molecule has 3 aromatic heterocycles. The molecule has 0 aliphatic heterocycles. The van der Waals surface area contributed by atoms with E-state index in [-0.39, 0.29) is 34.9 Å². The predicted octanol–water partition coefficient (Wildman–Crippen LogP) is 4.10. The number of hydrogen-bond acceptors (Lipinski definition) is 10. The average molecular weight is 573 g/mol. The number of aromatic hydroxyl groups is 2. The molecule has 3 heterocycles. The highest BCUT2D eigenvalue weighted by Gasteiger charge is 2.33. The summed E-state index contributed by atoms with van der Waals surface area (Å²) in [6, 6.07) is 9.13. The molecule has 5 aromatic rings. The largest absolute Gasteiger partial charge is 0.504 e. The molecular weight excluding hydrogens is 544 g/mol. The van der Waals surface area contributed by atoms with Crippen molar-refractivity contribution >= 4 is 39.2 Å². The second-order valence-corrected chi connectivity index (χ2v) is 10.0. The molecule has 2 atom stereocenters. The Morgan fingerprint density at radius 3 is 2.45 bits per heavy atom. The number of rotatable bonds is 6. The third kappa shape index (κ3) is 4.08. The zero-order valence-electron chi connectivity index (χ0n) is 23.3. The SMILES string of the molecule is COC1=Cc2c(oc(=O)c3c2c(-c2ccc(O)c(OC)c2)c2c4cc(OC)c(O)cc4ccn23)CC1OC(=O)[C@H](C)N. The lowest BCUT2D eigenvalue weighted by molar-refractivity contribution is -0.150. The number of benzene rings is 2. The minimum atomic E-state index is -0.850. The van der Waals surface area contributed by atoms with E-state index < -0.39 is 23.7 Å². The minimum absolute atomic E-state index is 0.0322. The number of phenols is 2. The molecule has 0 saturated heterocycles. The van der Waals surface area contributed by atoms with Crippen LogP contribution in [-0.4, -0.2) is 54.1 Å². The maximum absolute atomic E-state index is 13.7. The highest BCUT2D eigenvalue weighted by Crippen LogP contribution is 2.45. The Kier molecular flexibility index (Phi) is 6.46. The molecule has 6 rings (SSSR count). The van der Waals surface area contributed by atoms with E-state index in [4.69, 9.17) is 29.1 Å². The first-order valence-corrected chi connectivity index (χ1v) is 13.1. The number of pyridine rings is 1. The predicted molar refractivity (Wildman–Crippen MR) is 155 cm³/mol. The van der Waals surface area contributed by atoms with Crippen LogP contribution in [0, 0.1) is 0 Å². The molecule has 0 amide bonds. The van der Waals surface area contributed by atoms with Crippen LogP contribution in [0.3, 0.4) is 0 Å². The van der Waals surface area contributed by atoms with Crippen LogP contribution >= 0.6 is 0 Å². The Balaban J connectivity index is 1.77. The average Bonchev–Trinajstić information content (AvgIpc) is 3.33. The summed E-state index contributed by atoms with van der Waals surface area (Å²) in [4.78, 5) is 26.0. The smallest absolute Gasteiger partial charge is 0.361 e. The van der Waals surface area contributed by atoms with Gasteiger partial charge in [-0.3, -0.25) is 4.79 Å². The third-order valence-electron chi connectivity index (χ3n) is 7.50. The maximum Gasteiger partial charge on any atom is 0.361 e. The van der Waals surface area contributed by atoms with Gasteiger partial charge in [0.15, 0.2) is 29.1 Å². The van der Waals surface area contributed by atoms with Crippen LogP contribution in [0.4, 0.5) is 0 Å². The fraction of sp³-hybridized carbons (Fsp3) is 0.226. The van der Waals surface area contributed by atoms with Crippen molar-refractivity contribution in [3.63, 3.8) is 0 Å². The van der Waals surface area contributed by atoms with Gasteiger partial charge in [0.25, 0.3) is 0 Å². The number of ether oxygens (including phenoxy) is 4. The van der Waals surface area contributed by atoms with Gasteiger partial charge in [-0.1, -0.05) is 6.07 Å². The molecule has 216 valence electrons. The van der Waals surface area contributed by atoms with Crippen LogP contribution in [0.15, 0.2) is 57.6 Å². The van der Waals surface area contributed by atoms with Gasteiger partial charge >= 0.3 is 11.6 Å². The molecule has 11 nitrogen and oxygen atoms in total. The molecule has 4 N–H and O–H groups in total. The zero-order chi connectivity index (χ0) is 29.9. The van der Waals surface area contributed by atoms with Crippen LogP contribution < -0.4 is 20.8 Å². The molecule has 11 heteroatoms. The summed E-state index contributed by atoms with van der Waals surface area (Å²) in [5.41, 5.74) is 7.85. The monoisotopic (exact) mass is 572 g/mol. The van der Waals surface area contributed by atoms with Gasteiger partial charge in [-0.2, -0.15) is 0 Å². The molecule has 2 aromatic carbocycles. The number of aromatic nitrogens is 1. The highest BCUT2D eigenvalue weighted by atomic mass is 16.6. The Labute approximate surface area is 238 Å². The molecular formula is C31H28N2O9. The van der Waals surface area contributed by atoms with Gasteiger partial charge in [0.2, 0.25) is 0 Å². The molecule has 0 spiro atoms. The van der Waals surface area contributed by atoms with Gasteiger partial charge in [0.1, 0.15) is 23.1 Å². The summed E-state index contributed by atoms with van der Waals surface area (Å²) in [7, 11) is 4.37. The Morgan fingerprint density at radius 2 is 1.76 bits per heavy atom. The lowest BCUT2D eigenvalue weighted by atomic mass is 9.92. The van der Waals surface area contributed by atoms with E-state index in [9.17, 15) is 19.8 Å². The van der Waals surface area contributed by atoms with E-state index in [1.54, 1.807) is 47.0 Å². The molecule has 0 radical (unpaired) electrons. The van der Waals surface area contributed by atoms with E-state index in [0.29, 0.717) is 49.9 Å². The summed E-state index contributed by atoms with van der Waals surface area (Å²) in [6.07, 6.45) is 2.63. The van der Waals surface area contributed by atoms with Crippen molar-refractivity contribution in [3.8, 4) is 34.1 Å². The number of nitrogens with zero attached hydrogens (tertiary/aromatic N) is 1. The van der Waals surface area contributed by atoms with E-state index >= 15 is 0 Å². The fourth-order valence-corrected chi connectivity index (χ4v) is 5.53. The maximum atomic E-state index is 13.7. The van der Waals surface area contributed by atoms with Crippen LogP contribution in [0.1, 0.15) is 18.2 Å². The van der Waals surface area contributed by atoms with Gasteiger partial charge in [-0.05, 0) is 54.3 Å². The second-order valence-electron chi connectivity index (χ2n) is 10.0. The Hall–Kier alpha value is -5.16. The number of fused-ring (bicyclic) bond motifs is 7. The topological polar surface area (TPSA) is 155 Å². The molecule has 1 unspecified atom stereocenters. The number of carbonyl (C=O) groups excluding carboxylic acids is 1. The summed E-state index contributed by atoms with van der Waals surface area (Å²) in [5.74, 6) is 0.450. The lowest BCUT2D eigenvalue weighted by Gasteiger charge is -2.25. The number of nitrogens with two attached hydrogens (primary N) is 1. The van der Waals surface area contributed by atoms with Crippen LogP contribution in [0.2, 0.25) is 0 Å². The van der Waals surface area contributed by atoms with Gasteiger partial charge in [-0.25, -0.2) is 4.79 Å². The highest BCUT2D eigenvalue weighted by molar-refractivity contribution is 6.17. The summed E-state index contributed by atoms with van der Waals surface area (Å²) in [5, 5.41) is 22.8. The van der Waals surface area contributed by atoms with Crippen molar-refractivity contribution in [2.24, 2.45) is 5.73 Å². The van der Waals surface area contributed by atoms with Crippen LogP contribution in [0.5, 0.6) is 23.0 Å². The molecule has 0 bridgehead atoms. The molecule has 1 aliphatic rings. The molecule has 42 heavy (non-hydrogen) atoms. The number of phenolic OH excluding ortho intramolecular Hbond substituents is 2. The van der Waals surface area contributed by atoms with Crippen LogP contribution in [0.25, 0.3) is 44.4 Å². The molecule has 0 fully saturated rings. The third-order valence-corrected chi connectivity index (χ3v) is 7.50. The van der Waals surface area contributed by atoms with Crippen molar-refractivity contribution in [1.29, 1.82) is 0 Å². The Morgan fingerprint density at radius 1 is 1.02 bits per heavy atom. The first-order valence-electron chi connectivity index (χ1n) is 13.1. The summed E-state index contributed by atoms with van der Waals surface area (Å²) < 4.78 is 29.6. The summed E-state index contributed by atoms with van der Waals surface area (Å²) in [6.45, 7) is 1.52. The van der Waals surface area contributed by atoms with E-state index in [2.05, 4.69) is 0 Å². The lowest BCUT2D eigenvalue weighted by Crippen LogP contribution is -2.35. The van der Waals surface area contributed by atoms with Crippen molar-refractivity contribution in [2.45, 2.75) is 25.5 Å². The second kappa shape index (κ2) is 10.0. The normalized spacial score (nSPS) is 15.4. The standard InChI is InChI=1S/C31H28N2O9/c1-14(32)30(36)42-25-13-21-18(12-24(25)40-4)27-26(16-5-6-19(34)22(10-16)38-2)28-17-11-23(39-3)20(35)9-15(17)7-8-33(28)29(27)31(37)41-21/h5-12,14,25,34-35H,13,32H2,1-4H3/t14-,25?/m0/s1. The fourth-order valence-electron chi connectivity index (χ4n) is 5.53. The number of methoxy groups -OCH3 is 3. The zero-order valence-corrected chi connectivity index (χ0v) is 23.3. The van der Waals surface area contributed by atoms with Gasteiger partial charge < -0.3 is 43.7 Å². The van der Waals surface area contributed by atoms with Crippen molar-refractivity contribution in [2.75, 3.05) is 21.3 Å². The molecule has 1 aliphatic carbocycles. The van der Waals surface area contributed by atoms with Crippen LogP contribution in [-0.2, 0) is 20.7 Å². The van der Waals surface area contributed by atoms with Gasteiger partial charge in [-0.15, -0.1) is 0 Å². The van der Waals surface area contributed by atoms with Gasteiger partial charge in [0.05, 0.1) is 33.3 Å². The van der Waals surface area contributed by atoms with Crippen molar-refractivity contribution < 1.29 is 38.4 Å².